The second-order valence-corrected chi connectivity index (χ2v) is 6.31. The normalized spacial score (nSPS) is 17.5. The van der Waals surface area contributed by atoms with Gasteiger partial charge in [0.25, 0.3) is 0 Å². The Hall–Kier alpha value is -2.44. The van der Waals surface area contributed by atoms with E-state index < -0.39 is 0 Å². The quantitative estimate of drug-likeness (QED) is 0.710. The van der Waals surface area contributed by atoms with Gasteiger partial charge in [0.05, 0.1) is 13.2 Å². The lowest BCUT2D eigenvalue weighted by Gasteiger charge is -2.27. The predicted molar refractivity (Wildman–Crippen MR) is 95.1 cm³/mol. The van der Waals surface area contributed by atoms with Crippen molar-refractivity contribution in [2.75, 3.05) is 32.8 Å². The highest BCUT2D eigenvalue weighted by Gasteiger charge is 2.18. The molecular weight excluding hydrogens is 318 g/mol. The lowest BCUT2D eigenvalue weighted by atomic mass is 10.1. The number of fused-ring (bicyclic) bond motifs is 1. The molecule has 0 aliphatic carbocycles. The molecule has 1 unspecified atom stereocenters. The molecule has 6 nitrogen and oxygen atoms in total. The molecule has 1 fully saturated rings. The summed E-state index contributed by atoms with van der Waals surface area (Å²) in [5.74, 6) is 2.11. The van der Waals surface area contributed by atoms with Crippen LogP contribution in [0.3, 0.4) is 0 Å². The molecule has 1 aliphatic heterocycles. The molecule has 1 aliphatic rings. The highest BCUT2D eigenvalue weighted by molar-refractivity contribution is 5.81. The van der Waals surface area contributed by atoms with Crippen LogP contribution in [-0.4, -0.2) is 47.9 Å². The zero-order chi connectivity index (χ0) is 17.1. The van der Waals surface area contributed by atoms with E-state index in [-0.39, 0.29) is 5.92 Å². The van der Waals surface area contributed by atoms with Crippen molar-refractivity contribution in [3.05, 3.63) is 47.9 Å². The van der Waals surface area contributed by atoms with Crippen LogP contribution in [0.2, 0.25) is 0 Å². The van der Waals surface area contributed by atoms with E-state index in [1.54, 1.807) is 6.08 Å². The van der Waals surface area contributed by atoms with Crippen molar-refractivity contribution in [3.63, 3.8) is 0 Å². The maximum absolute atomic E-state index is 5.77. The summed E-state index contributed by atoms with van der Waals surface area (Å²) in [5.41, 5.74) is 0.868. The van der Waals surface area contributed by atoms with Gasteiger partial charge in [-0.2, -0.15) is 0 Å². The Morgan fingerprint density at radius 2 is 1.96 bits per heavy atom. The van der Waals surface area contributed by atoms with E-state index in [9.17, 15) is 0 Å². The minimum atomic E-state index is 0.193. The molecule has 1 aromatic carbocycles. The predicted octanol–water partition coefficient (Wildman–Crippen LogP) is 3.42. The van der Waals surface area contributed by atoms with Crippen LogP contribution in [0.15, 0.2) is 39.2 Å². The molecule has 0 radical (unpaired) electrons. The molecule has 0 bridgehead atoms. The van der Waals surface area contributed by atoms with Gasteiger partial charge in [-0.15, -0.1) is 10.2 Å². The Labute approximate surface area is 146 Å². The Morgan fingerprint density at radius 1 is 1.12 bits per heavy atom. The third kappa shape index (κ3) is 3.81. The molecule has 0 N–H and O–H groups in total. The van der Waals surface area contributed by atoms with Crippen LogP contribution in [0.5, 0.6) is 0 Å². The average molecular weight is 339 g/mol. The first-order chi connectivity index (χ1) is 12.3. The van der Waals surface area contributed by atoms with Gasteiger partial charge < -0.3 is 13.6 Å². The zero-order valence-electron chi connectivity index (χ0n) is 14.2. The van der Waals surface area contributed by atoms with Crippen molar-refractivity contribution in [2.45, 2.75) is 12.8 Å². The number of morpholine rings is 1. The van der Waals surface area contributed by atoms with Gasteiger partial charge in [0.2, 0.25) is 11.8 Å². The summed E-state index contributed by atoms with van der Waals surface area (Å²) in [6.07, 6.45) is 3.64. The largest absolute Gasteiger partial charge is 0.457 e. The molecule has 4 rings (SSSR count). The van der Waals surface area contributed by atoms with Crippen molar-refractivity contribution >= 4 is 23.1 Å². The fourth-order valence-corrected chi connectivity index (χ4v) is 3.00. The molecule has 0 saturated carbocycles. The van der Waals surface area contributed by atoms with E-state index in [1.807, 2.05) is 36.4 Å². The SMILES string of the molecule is CC(CN1CCOCC1)c1nnc(/C=C/c2cc3ccccc3o2)o1. The first-order valence-corrected chi connectivity index (χ1v) is 8.58. The molecule has 1 atom stereocenters. The van der Waals surface area contributed by atoms with Gasteiger partial charge in [-0.1, -0.05) is 25.1 Å². The lowest BCUT2D eigenvalue weighted by Crippen LogP contribution is -2.38. The van der Waals surface area contributed by atoms with Crippen LogP contribution in [0.4, 0.5) is 0 Å². The second-order valence-electron chi connectivity index (χ2n) is 6.31. The van der Waals surface area contributed by atoms with Gasteiger partial charge in [-0.25, -0.2) is 0 Å². The highest BCUT2D eigenvalue weighted by atomic mass is 16.5. The van der Waals surface area contributed by atoms with E-state index in [1.165, 1.54) is 0 Å². The Balaban J connectivity index is 1.41. The Bertz CT molecular complexity index is 829. The third-order valence-corrected chi connectivity index (χ3v) is 4.35. The summed E-state index contributed by atoms with van der Waals surface area (Å²) >= 11 is 0. The minimum absolute atomic E-state index is 0.193. The molecule has 3 heterocycles. The van der Waals surface area contributed by atoms with Crippen molar-refractivity contribution in [1.29, 1.82) is 0 Å². The number of rotatable bonds is 5. The zero-order valence-corrected chi connectivity index (χ0v) is 14.2. The van der Waals surface area contributed by atoms with Gasteiger partial charge in [0, 0.05) is 37.0 Å². The smallest absolute Gasteiger partial charge is 0.240 e. The number of hydrogen-bond donors (Lipinski definition) is 0. The van der Waals surface area contributed by atoms with Crippen LogP contribution >= 0.6 is 0 Å². The summed E-state index contributed by atoms with van der Waals surface area (Å²) < 4.78 is 16.9. The maximum atomic E-state index is 5.77. The van der Waals surface area contributed by atoms with Crippen LogP contribution in [0, 0.1) is 0 Å². The van der Waals surface area contributed by atoms with Gasteiger partial charge in [0.15, 0.2) is 0 Å². The van der Waals surface area contributed by atoms with E-state index in [0.29, 0.717) is 11.8 Å². The standard InChI is InChI=1S/C19H21N3O3/c1-14(13-22-8-10-23-11-9-22)19-21-20-18(25-19)7-6-16-12-15-4-2-3-5-17(15)24-16/h2-7,12,14H,8-11,13H2,1H3/b7-6+. The van der Waals surface area contributed by atoms with Gasteiger partial charge in [-0.05, 0) is 18.2 Å². The summed E-state index contributed by atoms with van der Waals surface area (Å²) in [6.45, 7) is 6.51. The highest BCUT2D eigenvalue weighted by Crippen LogP contribution is 2.21. The first-order valence-electron chi connectivity index (χ1n) is 8.58. The second kappa shape index (κ2) is 7.21. The lowest BCUT2D eigenvalue weighted by molar-refractivity contribution is 0.0346. The first kappa shape index (κ1) is 16.1. The molecule has 1 saturated heterocycles. The van der Waals surface area contributed by atoms with Gasteiger partial charge in [-0.3, -0.25) is 4.90 Å². The van der Waals surface area contributed by atoms with Crippen LogP contribution < -0.4 is 0 Å². The van der Waals surface area contributed by atoms with E-state index >= 15 is 0 Å². The topological polar surface area (TPSA) is 64.5 Å². The monoisotopic (exact) mass is 339 g/mol. The third-order valence-electron chi connectivity index (χ3n) is 4.35. The maximum Gasteiger partial charge on any atom is 0.240 e. The molecule has 6 heteroatoms. The molecule has 130 valence electrons. The molecule has 0 amide bonds. The number of furan rings is 1. The Kier molecular flexibility index (Phi) is 4.63. The van der Waals surface area contributed by atoms with Crippen LogP contribution in [0.25, 0.3) is 23.1 Å². The van der Waals surface area contributed by atoms with Gasteiger partial charge >= 0.3 is 0 Å². The number of hydrogen-bond acceptors (Lipinski definition) is 6. The van der Waals surface area contributed by atoms with E-state index in [2.05, 4.69) is 22.0 Å². The van der Waals surface area contributed by atoms with Crippen molar-refractivity contribution in [2.24, 2.45) is 0 Å². The molecular formula is C19H21N3O3. The number of aromatic nitrogens is 2. The molecule has 0 spiro atoms. The summed E-state index contributed by atoms with van der Waals surface area (Å²) in [5, 5.41) is 9.37. The van der Waals surface area contributed by atoms with E-state index in [4.69, 9.17) is 13.6 Å². The van der Waals surface area contributed by atoms with Gasteiger partial charge in [0.1, 0.15) is 11.3 Å². The van der Waals surface area contributed by atoms with Crippen molar-refractivity contribution in [1.82, 2.24) is 15.1 Å². The molecule has 3 aromatic rings. The number of benzene rings is 1. The number of nitrogens with zero attached hydrogens (tertiary/aromatic N) is 3. The minimum Gasteiger partial charge on any atom is -0.457 e. The fraction of sp³-hybridized carbons (Fsp3) is 0.368. The fourth-order valence-electron chi connectivity index (χ4n) is 3.00. The number of ether oxygens (including phenoxy) is 1. The Morgan fingerprint density at radius 3 is 2.80 bits per heavy atom. The summed E-state index contributed by atoms with van der Waals surface area (Å²) in [4.78, 5) is 2.36. The summed E-state index contributed by atoms with van der Waals surface area (Å²) in [6, 6.07) is 9.91. The number of para-hydroxylation sites is 1. The van der Waals surface area contributed by atoms with Crippen molar-refractivity contribution < 1.29 is 13.6 Å². The average Bonchev–Trinajstić information content (AvgIpc) is 3.27. The molecule has 2 aromatic heterocycles. The van der Waals surface area contributed by atoms with Crippen LogP contribution in [-0.2, 0) is 4.74 Å². The van der Waals surface area contributed by atoms with Crippen LogP contribution in [0.1, 0.15) is 30.4 Å². The summed E-state index contributed by atoms with van der Waals surface area (Å²) in [7, 11) is 0. The van der Waals surface area contributed by atoms with Crippen molar-refractivity contribution in [3.8, 4) is 0 Å². The van der Waals surface area contributed by atoms with E-state index in [0.717, 1.165) is 49.6 Å². The molecule has 25 heavy (non-hydrogen) atoms.